The van der Waals surface area contributed by atoms with Crippen LogP contribution in [0, 0.1) is 16.7 Å². The molecule has 0 saturated carbocycles. The molecule has 0 N–H and O–H groups in total. The van der Waals surface area contributed by atoms with Gasteiger partial charge in [-0.25, -0.2) is 0 Å². The summed E-state index contributed by atoms with van der Waals surface area (Å²) in [6, 6.07) is 0. The van der Waals surface area contributed by atoms with E-state index >= 15 is 0 Å². The van der Waals surface area contributed by atoms with E-state index in [1.165, 1.54) is 0 Å². The fraction of sp³-hybridized carbons (Fsp3) is 0.917. The highest BCUT2D eigenvalue weighted by Gasteiger charge is 2.35. The second-order valence-electron chi connectivity index (χ2n) is 6.43. The van der Waals surface area contributed by atoms with E-state index < -0.39 is 0 Å². The van der Waals surface area contributed by atoms with Crippen molar-refractivity contribution in [2.75, 3.05) is 6.79 Å². The third-order valence-corrected chi connectivity index (χ3v) is 2.42. The van der Waals surface area contributed by atoms with Crippen LogP contribution < -0.4 is 0 Å². The Morgan fingerprint density at radius 2 is 1.69 bits per heavy atom. The molecule has 0 spiro atoms. The van der Waals surface area contributed by atoms with Crippen LogP contribution in [0.1, 0.15) is 48.0 Å². The van der Waals surface area contributed by atoms with E-state index in [1.54, 1.807) is 0 Å². The molecule has 1 atom stereocenters. The molecule has 0 aliphatic heterocycles. The van der Waals surface area contributed by atoms with Crippen molar-refractivity contribution in [2.24, 2.45) is 16.7 Å². The topological polar surface area (TPSA) is 35.5 Å². The molecule has 2 radical (unpaired) electrons. The molecule has 0 bridgehead atoms. The van der Waals surface area contributed by atoms with Gasteiger partial charge in [0.15, 0.2) is 6.79 Å². The first-order chi connectivity index (χ1) is 7.08. The molecule has 0 fully saturated rings. The molecule has 0 saturated heterocycles. The van der Waals surface area contributed by atoms with Crippen LogP contribution in [-0.4, -0.2) is 20.8 Å². The van der Waals surface area contributed by atoms with Crippen molar-refractivity contribution < 1.29 is 14.2 Å². The quantitative estimate of drug-likeness (QED) is 0.420. The number of ether oxygens (including phenoxy) is 1. The van der Waals surface area contributed by atoms with Crippen molar-refractivity contribution in [3.8, 4) is 0 Å². The number of hydrogen-bond donors (Lipinski definition) is 0. The van der Waals surface area contributed by atoms with Crippen LogP contribution in [-0.2, 0) is 14.2 Å². The first-order valence-electron chi connectivity index (χ1n) is 5.56. The Kier molecular flexibility index (Phi) is 5.53. The van der Waals surface area contributed by atoms with Gasteiger partial charge in [0.1, 0.15) is 0 Å². The van der Waals surface area contributed by atoms with E-state index in [1.807, 2.05) is 20.8 Å². The van der Waals surface area contributed by atoms with Gasteiger partial charge >= 0.3 is 5.97 Å². The molecule has 16 heavy (non-hydrogen) atoms. The molecule has 0 rings (SSSR count). The Hall–Kier alpha value is -0.505. The van der Waals surface area contributed by atoms with Crippen LogP contribution in [0.2, 0.25) is 0 Å². The summed E-state index contributed by atoms with van der Waals surface area (Å²) in [5.74, 6) is -0.393. The molecular formula is C12H23BO3. The zero-order valence-corrected chi connectivity index (χ0v) is 11.3. The third-order valence-electron chi connectivity index (χ3n) is 2.42. The van der Waals surface area contributed by atoms with Gasteiger partial charge in [0.2, 0.25) is 0 Å². The first kappa shape index (κ1) is 15.5. The summed E-state index contributed by atoms with van der Waals surface area (Å²) in [5.41, 5.74) is -0.0422. The van der Waals surface area contributed by atoms with Gasteiger partial charge in [-0.2, -0.15) is 0 Å². The van der Waals surface area contributed by atoms with Gasteiger partial charge in [0.05, 0.1) is 5.92 Å². The first-order valence-corrected chi connectivity index (χ1v) is 5.56. The van der Waals surface area contributed by atoms with E-state index in [2.05, 4.69) is 25.4 Å². The zero-order chi connectivity index (χ0) is 13.0. The zero-order valence-electron chi connectivity index (χ0n) is 11.3. The molecule has 0 aliphatic rings. The summed E-state index contributed by atoms with van der Waals surface area (Å²) >= 11 is 0. The predicted octanol–water partition coefficient (Wildman–Crippen LogP) is 2.69. The fourth-order valence-corrected chi connectivity index (χ4v) is 1.55. The molecule has 3 nitrogen and oxygen atoms in total. The summed E-state index contributed by atoms with van der Waals surface area (Å²) in [5, 5.41) is 0. The minimum Gasteiger partial charge on any atom is -0.440 e. The van der Waals surface area contributed by atoms with Crippen LogP contribution >= 0.6 is 0 Å². The Labute approximate surface area is 100 Å². The van der Waals surface area contributed by atoms with Crippen molar-refractivity contribution in [3.05, 3.63) is 0 Å². The van der Waals surface area contributed by atoms with Crippen LogP contribution in [0.25, 0.3) is 0 Å². The van der Waals surface area contributed by atoms with Crippen molar-refractivity contribution in [2.45, 2.75) is 48.0 Å². The Morgan fingerprint density at radius 3 is 2.00 bits per heavy atom. The molecule has 0 aromatic heterocycles. The monoisotopic (exact) mass is 226 g/mol. The highest BCUT2D eigenvalue weighted by Crippen LogP contribution is 2.36. The normalized spacial score (nSPS) is 14.6. The lowest BCUT2D eigenvalue weighted by atomic mass is 9.72. The maximum atomic E-state index is 11.9. The van der Waals surface area contributed by atoms with E-state index in [4.69, 9.17) is 12.8 Å². The molecule has 4 heteroatoms. The highest BCUT2D eigenvalue weighted by molar-refractivity contribution is 5.97. The van der Waals surface area contributed by atoms with Crippen molar-refractivity contribution in [1.29, 1.82) is 0 Å². The molecule has 0 aromatic carbocycles. The van der Waals surface area contributed by atoms with Crippen LogP contribution in [0.3, 0.4) is 0 Å². The van der Waals surface area contributed by atoms with E-state index in [0.29, 0.717) is 0 Å². The van der Waals surface area contributed by atoms with E-state index in [9.17, 15) is 4.79 Å². The van der Waals surface area contributed by atoms with Crippen LogP contribution in [0.4, 0.5) is 0 Å². The number of esters is 1. The second kappa shape index (κ2) is 5.71. The summed E-state index contributed by atoms with van der Waals surface area (Å²) in [6.45, 7) is 12.3. The number of rotatable bonds is 4. The molecule has 0 aliphatic carbocycles. The number of hydrogen-bond acceptors (Lipinski definition) is 3. The third kappa shape index (κ3) is 6.16. The minimum absolute atomic E-state index is 0.0839. The maximum Gasteiger partial charge on any atom is 0.311 e. The van der Waals surface area contributed by atoms with Gasteiger partial charge in [-0.05, 0) is 17.3 Å². The average molecular weight is 226 g/mol. The van der Waals surface area contributed by atoms with Gasteiger partial charge < -0.3 is 9.39 Å². The van der Waals surface area contributed by atoms with Gasteiger partial charge in [0, 0.05) is 0 Å². The summed E-state index contributed by atoms with van der Waals surface area (Å²) in [6.07, 6.45) is 0.778. The Morgan fingerprint density at radius 1 is 1.19 bits per heavy atom. The molecule has 0 amide bonds. The average Bonchev–Trinajstić information content (AvgIpc) is 2.07. The predicted molar refractivity (Wildman–Crippen MR) is 64.8 cm³/mol. The van der Waals surface area contributed by atoms with Gasteiger partial charge in [-0.3, -0.25) is 4.79 Å². The lowest BCUT2D eigenvalue weighted by Gasteiger charge is -2.33. The van der Waals surface area contributed by atoms with E-state index in [-0.39, 0.29) is 29.5 Å². The summed E-state index contributed by atoms with van der Waals surface area (Å²) < 4.78 is 9.20. The fourth-order valence-electron chi connectivity index (χ4n) is 1.55. The lowest BCUT2D eigenvalue weighted by molar-refractivity contribution is -0.160. The van der Waals surface area contributed by atoms with Crippen molar-refractivity contribution >= 4 is 14.0 Å². The van der Waals surface area contributed by atoms with Gasteiger partial charge in [-0.1, -0.05) is 41.5 Å². The van der Waals surface area contributed by atoms with Crippen molar-refractivity contribution in [3.63, 3.8) is 0 Å². The molecular weight excluding hydrogens is 203 g/mol. The van der Waals surface area contributed by atoms with Gasteiger partial charge in [-0.15, -0.1) is 0 Å². The minimum atomic E-state index is -0.243. The molecule has 92 valence electrons. The Balaban J connectivity index is 4.62. The molecule has 0 aromatic rings. The van der Waals surface area contributed by atoms with Crippen molar-refractivity contribution in [1.82, 2.24) is 0 Å². The summed E-state index contributed by atoms with van der Waals surface area (Å²) in [7, 11) is 4.84. The standard InChI is InChI=1S/C12H23BO3/c1-11(2,3)7-9(12(4,5)6)10(14)15-8-16-13/h9H,7-8H2,1-6H3. The smallest absolute Gasteiger partial charge is 0.311 e. The summed E-state index contributed by atoms with van der Waals surface area (Å²) in [4.78, 5) is 11.9. The van der Waals surface area contributed by atoms with Crippen LogP contribution in [0.15, 0.2) is 0 Å². The molecule has 0 heterocycles. The highest BCUT2D eigenvalue weighted by atomic mass is 16.7. The van der Waals surface area contributed by atoms with E-state index in [0.717, 1.165) is 6.42 Å². The molecule has 1 unspecified atom stereocenters. The number of carbonyl (C=O) groups is 1. The maximum absolute atomic E-state index is 11.9. The lowest BCUT2D eigenvalue weighted by Crippen LogP contribution is -2.34. The number of carbonyl (C=O) groups excluding carboxylic acids is 1. The second-order valence-corrected chi connectivity index (χ2v) is 6.43. The van der Waals surface area contributed by atoms with Gasteiger partial charge in [0.25, 0.3) is 8.05 Å². The Bertz CT molecular complexity index is 225. The SMILES string of the molecule is [B]OCOC(=O)C(CC(C)(C)C)C(C)(C)C. The van der Waals surface area contributed by atoms with Crippen LogP contribution in [0.5, 0.6) is 0 Å². The largest absolute Gasteiger partial charge is 0.440 e.